The summed E-state index contributed by atoms with van der Waals surface area (Å²) >= 11 is 0. The van der Waals surface area contributed by atoms with Crippen molar-refractivity contribution >= 4 is 16.9 Å². The highest BCUT2D eigenvalue weighted by atomic mass is 16.1. The van der Waals surface area contributed by atoms with Crippen molar-refractivity contribution in [3.05, 3.63) is 88.1 Å². The molecule has 0 radical (unpaired) electrons. The molecule has 7 nitrogen and oxygen atoms in total. The molecule has 0 saturated carbocycles. The second kappa shape index (κ2) is 9.60. The predicted molar refractivity (Wildman–Crippen MR) is 125 cm³/mol. The highest BCUT2D eigenvalue weighted by Gasteiger charge is 2.15. The molecular formula is C25H27N5O2. The first-order valence-corrected chi connectivity index (χ1v) is 10.9. The maximum Gasteiger partial charge on any atom is 0.264 e. The van der Waals surface area contributed by atoms with Crippen molar-refractivity contribution in [2.24, 2.45) is 0 Å². The summed E-state index contributed by atoms with van der Waals surface area (Å²) in [6, 6.07) is 18.1. The number of carbonyl (C=O) groups is 1. The molecule has 4 rings (SSSR count). The van der Waals surface area contributed by atoms with Gasteiger partial charge in [0.05, 0.1) is 11.9 Å². The zero-order chi connectivity index (χ0) is 22.5. The number of aryl methyl sites for hydroxylation is 3. The van der Waals surface area contributed by atoms with Gasteiger partial charge in [-0.2, -0.15) is 5.10 Å². The van der Waals surface area contributed by atoms with E-state index in [0.717, 1.165) is 24.1 Å². The lowest BCUT2D eigenvalue weighted by Gasteiger charge is -2.11. The largest absolute Gasteiger partial charge is 0.356 e. The number of hydrogen-bond acceptors (Lipinski definition) is 4. The number of hydrogen-bond donors (Lipinski definition) is 1. The Morgan fingerprint density at radius 3 is 2.53 bits per heavy atom. The molecule has 1 N–H and O–H groups in total. The average Bonchev–Trinajstić information content (AvgIpc) is 3.21. The van der Waals surface area contributed by atoms with Gasteiger partial charge >= 0.3 is 0 Å². The molecule has 1 amide bonds. The number of carbonyl (C=O) groups excluding carboxylic acids is 1. The van der Waals surface area contributed by atoms with E-state index in [9.17, 15) is 9.59 Å². The van der Waals surface area contributed by atoms with Gasteiger partial charge in [0.1, 0.15) is 11.2 Å². The van der Waals surface area contributed by atoms with Crippen molar-refractivity contribution < 1.29 is 4.79 Å². The summed E-state index contributed by atoms with van der Waals surface area (Å²) in [5.74, 6) is 0.494. The van der Waals surface area contributed by atoms with Crippen LogP contribution in [0, 0.1) is 13.8 Å². The summed E-state index contributed by atoms with van der Waals surface area (Å²) in [5, 5.41) is 7.75. The number of nitrogens with zero attached hydrogens (tertiary/aromatic N) is 4. The van der Waals surface area contributed by atoms with Crippen molar-refractivity contribution in [2.45, 2.75) is 39.7 Å². The van der Waals surface area contributed by atoms with Crippen LogP contribution in [0.3, 0.4) is 0 Å². The fourth-order valence-corrected chi connectivity index (χ4v) is 3.71. The van der Waals surface area contributed by atoms with Gasteiger partial charge < -0.3 is 5.32 Å². The molecule has 0 aliphatic carbocycles. The molecule has 0 atom stereocenters. The maximum atomic E-state index is 13.0. The van der Waals surface area contributed by atoms with Crippen LogP contribution in [0.4, 0.5) is 0 Å². The van der Waals surface area contributed by atoms with Gasteiger partial charge in [-0.25, -0.2) is 9.67 Å². The number of amides is 1. The summed E-state index contributed by atoms with van der Waals surface area (Å²) in [6.45, 7) is 4.70. The first kappa shape index (κ1) is 21.5. The zero-order valence-electron chi connectivity index (χ0n) is 18.4. The van der Waals surface area contributed by atoms with Gasteiger partial charge in [-0.1, -0.05) is 48.0 Å². The standard InChI is InChI=1S/C25H27N5O2/c1-18-10-12-21(13-11-18)30-24-22(17-27-30)25(32)29(19(2)28-24)16-14-23(31)26-15-6-9-20-7-4-3-5-8-20/h3-5,7-8,10-13,17H,6,9,14-16H2,1-2H3,(H,26,31). The minimum Gasteiger partial charge on any atom is -0.356 e. The Morgan fingerprint density at radius 2 is 1.78 bits per heavy atom. The van der Waals surface area contributed by atoms with Crippen molar-refractivity contribution in [1.82, 2.24) is 24.6 Å². The Hall–Kier alpha value is -3.74. The smallest absolute Gasteiger partial charge is 0.264 e. The lowest BCUT2D eigenvalue weighted by molar-refractivity contribution is -0.121. The fourth-order valence-electron chi connectivity index (χ4n) is 3.71. The van der Waals surface area contributed by atoms with Crippen LogP contribution in [0.2, 0.25) is 0 Å². The van der Waals surface area contributed by atoms with Gasteiger partial charge in [0, 0.05) is 19.5 Å². The minimum absolute atomic E-state index is 0.0696. The van der Waals surface area contributed by atoms with Gasteiger partial charge in [-0.15, -0.1) is 0 Å². The number of nitrogens with one attached hydrogen (secondary N) is 1. The molecule has 32 heavy (non-hydrogen) atoms. The van der Waals surface area contributed by atoms with E-state index < -0.39 is 0 Å². The molecule has 2 aromatic heterocycles. The van der Waals surface area contributed by atoms with E-state index in [4.69, 9.17) is 0 Å². The van der Waals surface area contributed by atoms with E-state index in [1.807, 2.05) is 49.4 Å². The topological polar surface area (TPSA) is 81.8 Å². The zero-order valence-corrected chi connectivity index (χ0v) is 18.4. The third-order valence-electron chi connectivity index (χ3n) is 5.53. The third-order valence-corrected chi connectivity index (χ3v) is 5.53. The predicted octanol–water partition coefficient (Wildman–Crippen LogP) is 3.34. The van der Waals surface area contributed by atoms with Crippen LogP contribution in [0.25, 0.3) is 16.7 Å². The van der Waals surface area contributed by atoms with Crippen molar-refractivity contribution in [2.75, 3.05) is 6.54 Å². The van der Waals surface area contributed by atoms with E-state index >= 15 is 0 Å². The van der Waals surface area contributed by atoms with Gasteiger partial charge in [-0.05, 0) is 44.4 Å². The average molecular weight is 430 g/mol. The van der Waals surface area contributed by atoms with Crippen LogP contribution < -0.4 is 10.9 Å². The van der Waals surface area contributed by atoms with Crippen LogP contribution >= 0.6 is 0 Å². The molecule has 2 aromatic carbocycles. The Kier molecular flexibility index (Phi) is 6.44. The minimum atomic E-state index is -0.178. The molecule has 164 valence electrons. The molecule has 4 aromatic rings. The summed E-state index contributed by atoms with van der Waals surface area (Å²) in [7, 11) is 0. The Morgan fingerprint density at radius 1 is 1.03 bits per heavy atom. The molecule has 0 unspecified atom stereocenters. The molecule has 7 heteroatoms. The molecular weight excluding hydrogens is 402 g/mol. The molecule has 0 aliphatic heterocycles. The van der Waals surface area contributed by atoms with Gasteiger partial charge in [0.15, 0.2) is 5.65 Å². The first-order chi connectivity index (χ1) is 15.5. The molecule has 0 fully saturated rings. The quantitative estimate of drug-likeness (QED) is 0.436. The molecule has 0 bridgehead atoms. The molecule has 0 aliphatic rings. The Balaban J connectivity index is 1.39. The summed E-state index contributed by atoms with van der Waals surface area (Å²) in [6.07, 6.45) is 3.57. The van der Waals surface area contributed by atoms with Crippen molar-refractivity contribution in [3.8, 4) is 5.69 Å². The molecule has 0 saturated heterocycles. The highest BCUT2D eigenvalue weighted by Crippen LogP contribution is 2.15. The van der Waals surface area contributed by atoms with Gasteiger partial charge in [0.25, 0.3) is 5.56 Å². The summed E-state index contributed by atoms with van der Waals surface area (Å²) in [4.78, 5) is 29.9. The molecule has 0 spiro atoms. The highest BCUT2D eigenvalue weighted by molar-refractivity contribution is 5.76. The molecule has 2 heterocycles. The van der Waals surface area contributed by atoms with Crippen molar-refractivity contribution in [3.63, 3.8) is 0 Å². The summed E-state index contributed by atoms with van der Waals surface area (Å²) < 4.78 is 3.22. The van der Waals surface area contributed by atoms with Crippen molar-refractivity contribution in [1.29, 1.82) is 0 Å². The van der Waals surface area contributed by atoms with E-state index in [0.29, 0.717) is 23.4 Å². The van der Waals surface area contributed by atoms with E-state index in [1.165, 1.54) is 5.56 Å². The number of benzene rings is 2. The van der Waals surface area contributed by atoms with Crippen LogP contribution in [0.5, 0.6) is 0 Å². The van der Waals surface area contributed by atoms with Crippen LogP contribution in [-0.2, 0) is 17.8 Å². The van der Waals surface area contributed by atoms with Gasteiger partial charge in [0.2, 0.25) is 5.91 Å². The van der Waals surface area contributed by atoms with E-state index in [-0.39, 0.29) is 24.4 Å². The number of fused-ring (bicyclic) bond motifs is 1. The first-order valence-electron chi connectivity index (χ1n) is 10.9. The third kappa shape index (κ3) is 4.77. The van der Waals surface area contributed by atoms with Crippen LogP contribution in [0.1, 0.15) is 29.8 Å². The van der Waals surface area contributed by atoms with Gasteiger partial charge in [-0.3, -0.25) is 14.2 Å². The maximum absolute atomic E-state index is 13.0. The van der Waals surface area contributed by atoms with E-state index in [1.54, 1.807) is 22.4 Å². The normalized spacial score (nSPS) is 11.1. The second-order valence-electron chi connectivity index (χ2n) is 7.93. The number of aromatic nitrogens is 4. The SMILES string of the molecule is Cc1ccc(-n2ncc3c(=O)n(CCC(=O)NCCCc4ccccc4)c(C)nc32)cc1. The Bertz CT molecular complexity index is 1270. The van der Waals surface area contributed by atoms with Crippen LogP contribution in [0.15, 0.2) is 65.6 Å². The number of rotatable bonds is 8. The lowest BCUT2D eigenvalue weighted by atomic mass is 10.1. The summed E-state index contributed by atoms with van der Waals surface area (Å²) in [5.41, 5.74) is 3.61. The second-order valence-corrected chi connectivity index (χ2v) is 7.93. The lowest BCUT2D eigenvalue weighted by Crippen LogP contribution is -2.29. The fraction of sp³-hybridized carbons (Fsp3) is 0.280. The monoisotopic (exact) mass is 429 g/mol. The Labute approximate surface area is 186 Å². The van der Waals surface area contributed by atoms with E-state index in [2.05, 4.69) is 27.5 Å². The van der Waals surface area contributed by atoms with Crippen LogP contribution in [-0.4, -0.2) is 31.8 Å².